The van der Waals surface area contributed by atoms with Gasteiger partial charge in [0.1, 0.15) is 18.2 Å². The molecule has 0 aliphatic heterocycles. The van der Waals surface area contributed by atoms with E-state index in [1.54, 1.807) is 24.3 Å². The molecule has 8 heteroatoms. The molecule has 180 valence electrons. The van der Waals surface area contributed by atoms with Gasteiger partial charge in [-0.25, -0.2) is 0 Å². The fraction of sp³-hybridized carbons (Fsp3) is 0.185. The van der Waals surface area contributed by atoms with Gasteiger partial charge in [-0.15, -0.1) is 0 Å². The van der Waals surface area contributed by atoms with Gasteiger partial charge in [-0.05, 0) is 76.9 Å². The van der Waals surface area contributed by atoms with Crippen molar-refractivity contribution in [1.82, 2.24) is 5.32 Å². The molecule has 0 aliphatic carbocycles. The highest BCUT2D eigenvalue weighted by Gasteiger charge is 2.14. The van der Waals surface area contributed by atoms with Crippen LogP contribution in [0.5, 0.6) is 11.5 Å². The second-order valence-electron chi connectivity index (χ2n) is 7.57. The molecule has 1 amide bonds. The zero-order valence-corrected chi connectivity index (χ0v) is 22.7. The number of nitriles is 1. The molecule has 0 radical (unpaired) electrons. The van der Waals surface area contributed by atoms with E-state index in [1.807, 2.05) is 30.3 Å². The van der Waals surface area contributed by atoms with Gasteiger partial charge in [0, 0.05) is 22.2 Å². The average Bonchev–Trinajstić information content (AvgIpc) is 2.85. The van der Waals surface area contributed by atoms with Gasteiger partial charge in [-0.3, -0.25) is 4.79 Å². The maximum Gasteiger partial charge on any atom is 0.261 e. The SMILES string of the molecule is COc1cc(/C=C(/C#N)C(=O)NCCCc2ccccc2)cc(I)c1OCc1ccc(Cl)cc1Cl. The topological polar surface area (TPSA) is 71.3 Å². The van der Waals surface area contributed by atoms with E-state index in [2.05, 4.69) is 40.0 Å². The first-order valence-corrected chi connectivity index (χ1v) is 12.6. The molecule has 0 fully saturated rings. The summed E-state index contributed by atoms with van der Waals surface area (Å²) < 4.78 is 12.2. The maximum absolute atomic E-state index is 12.5. The molecule has 3 rings (SSSR count). The van der Waals surface area contributed by atoms with Gasteiger partial charge in [0.05, 0.1) is 10.7 Å². The van der Waals surface area contributed by atoms with Crippen molar-refractivity contribution in [2.45, 2.75) is 19.4 Å². The Kier molecular flexibility index (Phi) is 10.3. The second-order valence-corrected chi connectivity index (χ2v) is 9.58. The molecule has 3 aromatic rings. The molecule has 0 heterocycles. The molecule has 3 aromatic carbocycles. The number of carbonyl (C=O) groups excluding carboxylic acids is 1. The van der Waals surface area contributed by atoms with Gasteiger partial charge in [0.15, 0.2) is 11.5 Å². The van der Waals surface area contributed by atoms with E-state index < -0.39 is 5.91 Å². The minimum atomic E-state index is -0.410. The lowest BCUT2D eigenvalue weighted by atomic mass is 10.1. The summed E-state index contributed by atoms with van der Waals surface area (Å²) in [5.41, 5.74) is 2.66. The van der Waals surface area contributed by atoms with Gasteiger partial charge in [-0.1, -0.05) is 59.6 Å². The Morgan fingerprint density at radius 2 is 1.91 bits per heavy atom. The summed E-state index contributed by atoms with van der Waals surface area (Å²) >= 11 is 14.3. The number of hydrogen-bond donors (Lipinski definition) is 1. The number of hydrogen-bond acceptors (Lipinski definition) is 4. The van der Waals surface area contributed by atoms with E-state index in [1.165, 1.54) is 18.7 Å². The minimum absolute atomic E-state index is 0.0178. The van der Waals surface area contributed by atoms with E-state index in [0.29, 0.717) is 33.7 Å². The Hall–Kier alpha value is -2.73. The third-order valence-electron chi connectivity index (χ3n) is 5.09. The second kappa shape index (κ2) is 13.4. The zero-order chi connectivity index (χ0) is 25.2. The number of carbonyl (C=O) groups is 1. The Bertz CT molecular complexity index is 1260. The lowest BCUT2D eigenvalue weighted by Crippen LogP contribution is -2.25. The lowest BCUT2D eigenvalue weighted by Gasteiger charge is -2.14. The van der Waals surface area contributed by atoms with Crippen molar-refractivity contribution in [3.05, 3.63) is 96.5 Å². The number of methoxy groups -OCH3 is 1. The van der Waals surface area contributed by atoms with Crippen molar-refractivity contribution in [3.63, 3.8) is 0 Å². The molecule has 0 saturated heterocycles. The Morgan fingerprint density at radius 3 is 2.60 bits per heavy atom. The molecule has 0 atom stereocenters. The van der Waals surface area contributed by atoms with Crippen LogP contribution >= 0.6 is 45.8 Å². The number of nitrogens with one attached hydrogen (secondary N) is 1. The molecule has 0 saturated carbocycles. The summed E-state index contributed by atoms with van der Waals surface area (Å²) in [5, 5.41) is 13.4. The highest BCUT2D eigenvalue weighted by Crippen LogP contribution is 2.35. The fourth-order valence-electron chi connectivity index (χ4n) is 3.30. The van der Waals surface area contributed by atoms with E-state index >= 15 is 0 Å². The monoisotopic (exact) mass is 620 g/mol. The van der Waals surface area contributed by atoms with Crippen LogP contribution in [0.1, 0.15) is 23.1 Å². The largest absolute Gasteiger partial charge is 0.493 e. The number of nitrogens with zero attached hydrogens (tertiary/aromatic N) is 1. The molecule has 35 heavy (non-hydrogen) atoms. The highest BCUT2D eigenvalue weighted by atomic mass is 127. The molecule has 0 aliphatic rings. The minimum Gasteiger partial charge on any atom is -0.493 e. The van der Waals surface area contributed by atoms with Crippen LogP contribution in [0.15, 0.2) is 66.2 Å². The van der Waals surface area contributed by atoms with Crippen LogP contribution in [-0.4, -0.2) is 19.6 Å². The first-order chi connectivity index (χ1) is 16.9. The van der Waals surface area contributed by atoms with E-state index in [0.717, 1.165) is 22.0 Å². The van der Waals surface area contributed by atoms with Crippen LogP contribution in [0.3, 0.4) is 0 Å². The van der Waals surface area contributed by atoms with Gasteiger partial charge in [0.2, 0.25) is 0 Å². The predicted octanol–water partition coefficient (Wildman–Crippen LogP) is 6.84. The standard InChI is InChI=1S/C27H23Cl2IN2O3/c1-34-25-14-19(13-24(30)26(25)35-17-20-9-10-22(28)15-23(20)29)12-21(16-31)27(33)32-11-5-8-18-6-3-2-4-7-18/h2-4,6-7,9-10,12-15H,5,8,11,17H2,1H3,(H,32,33)/b21-12-. The number of amides is 1. The van der Waals surface area contributed by atoms with Crippen molar-refractivity contribution in [2.75, 3.05) is 13.7 Å². The quantitative estimate of drug-likeness (QED) is 0.117. The average molecular weight is 621 g/mol. The van der Waals surface area contributed by atoms with Crippen LogP contribution in [0, 0.1) is 14.9 Å². The summed E-state index contributed by atoms with van der Waals surface area (Å²) in [6.45, 7) is 0.708. The van der Waals surface area contributed by atoms with Crippen LogP contribution in [0.2, 0.25) is 10.0 Å². The summed E-state index contributed by atoms with van der Waals surface area (Å²) in [6, 6.07) is 20.8. The van der Waals surface area contributed by atoms with Crippen LogP contribution in [-0.2, 0) is 17.8 Å². The summed E-state index contributed by atoms with van der Waals surface area (Å²) in [7, 11) is 1.53. The summed E-state index contributed by atoms with van der Waals surface area (Å²) in [4.78, 5) is 12.5. The number of aryl methyl sites for hydroxylation is 1. The molecular formula is C27H23Cl2IN2O3. The smallest absolute Gasteiger partial charge is 0.261 e. The van der Waals surface area contributed by atoms with Gasteiger partial charge < -0.3 is 14.8 Å². The molecule has 1 N–H and O–H groups in total. The Morgan fingerprint density at radius 1 is 1.14 bits per heavy atom. The number of benzene rings is 3. The third kappa shape index (κ3) is 7.89. The lowest BCUT2D eigenvalue weighted by molar-refractivity contribution is -0.117. The summed E-state index contributed by atoms with van der Waals surface area (Å²) in [5.74, 6) is 0.612. The Balaban J connectivity index is 1.67. The fourth-order valence-corrected chi connectivity index (χ4v) is 4.55. The normalized spacial score (nSPS) is 11.0. The first-order valence-electron chi connectivity index (χ1n) is 10.8. The zero-order valence-electron chi connectivity index (χ0n) is 19.0. The molecular weight excluding hydrogens is 598 g/mol. The Labute approximate surface area is 228 Å². The molecule has 0 bridgehead atoms. The molecule has 0 spiro atoms. The summed E-state index contributed by atoms with van der Waals surface area (Å²) in [6.07, 6.45) is 3.17. The number of ether oxygens (including phenoxy) is 2. The van der Waals surface area contributed by atoms with Crippen molar-refractivity contribution in [2.24, 2.45) is 0 Å². The van der Waals surface area contributed by atoms with Crippen LogP contribution in [0.4, 0.5) is 0 Å². The van der Waals surface area contributed by atoms with Gasteiger partial charge in [0.25, 0.3) is 5.91 Å². The van der Waals surface area contributed by atoms with E-state index in [9.17, 15) is 10.1 Å². The molecule has 0 aromatic heterocycles. The van der Waals surface area contributed by atoms with Gasteiger partial charge >= 0.3 is 0 Å². The van der Waals surface area contributed by atoms with Gasteiger partial charge in [-0.2, -0.15) is 5.26 Å². The third-order valence-corrected chi connectivity index (χ3v) is 6.47. The first kappa shape index (κ1) is 26.9. The molecule has 5 nitrogen and oxygen atoms in total. The van der Waals surface area contributed by atoms with E-state index in [-0.39, 0.29) is 12.2 Å². The predicted molar refractivity (Wildman–Crippen MR) is 148 cm³/mol. The van der Waals surface area contributed by atoms with Crippen molar-refractivity contribution >= 4 is 57.8 Å². The van der Waals surface area contributed by atoms with E-state index in [4.69, 9.17) is 32.7 Å². The number of rotatable bonds is 10. The molecule has 0 unspecified atom stereocenters. The van der Waals surface area contributed by atoms with Crippen molar-refractivity contribution in [3.8, 4) is 17.6 Å². The van der Waals surface area contributed by atoms with Crippen LogP contribution in [0.25, 0.3) is 6.08 Å². The van der Waals surface area contributed by atoms with Crippen molar-refractivity contribution < 1.29 is 14.3 Å². The number of halogens is 3. The maximum atomic E-state index is 12.5. The van der Waals surface area contributed by atoms with Crippen molar-refractivity contribution in [1.29, 1.82) is 5.26 Å². The highest BCUT2D eigenvalue weighted by molar-refractivity contribution is 14.1. The van der Waals surface area contributed by atoms with Crippen LogP contribution < -0.4 is 14.8 Å².